The molecule has 0 saturated heterocycles. The minimum atomic E-state index is -4.05. The molecule has 0 aliphatic carbocycles. The zero-order chi connectivity index (χ0) is 21.0. The van der Waals surface area contributed by atoms with Crippen molar-refractivity contribution >= 4 is 43.5 Å². The molecule has 0 fully saturated rings. The van der Waals surface area contributed by atoms with Crippen LogP contribution < -0.4 is 9.46 Å². The number of hydrogen-bond acceptors (Lipinski definition) is 4. The Morgan fingerprint density at radius 2 is 1.76 bits per heavy atom. The molecule has 0 atom stereocenters. The topological polar surface area (TPSA) is 72.5 Å². The summed E-state index contributed by atoms with van der Waals surface area (Å²) in [6, 6.07) is 18.3. The molecule has 0 radical (unpaired) electrons. The van der Waals surface area contributed by atoms with Gasteiger partial charge in [-0.1, -0.05) is 41.9 Å². The SMILES string of the molecule is Cc1ccc(C(=O)NS(=O)(=O)c2ccccc2Br)c(OCc2ccc(Cl)cc2)c1. The second-order valence-electron chi connectivity index (χ2n) is 6.28. The quantitative estimate of drug-likeness (QED) is 0.517. The van der Waals surface area contributed by atoms with Crippen LogP contribution in [0.4, 0.5) is 0 Å². The Hall–Kier alpha value is -2.35. The van der Waals surface area contributed by atoms with Crippen LogP contribution >= 0.6 is 27.5 Å². The third-order valence-electron chi connectivity index (χ3n) is 4.04. The van der Waals surface area contributed by atoms with Gasteiger partial charge in [-0.3, -0.25) is 4.79 Å². The molecule has 150 valence electrons. The smallest absolute Gasteiger partial charge is 0.268 e. The molecular formula is C21H17BrClNO4S. The molecule has 1 amide bonds. The fourth-order valence-corrected chi connectivity index (χ4v) is 4.67. The summed E-state index contributed by atoms with van der Waals surface area (Å²) in [5.74, 6) is -0.480. The number of sulfonamides is 1. The lowest BCUT2D eigenvalue weighted by atomic mass is 10.1. The highest BCUT2D eigenvalue weighted by molar-refractivity contribution is 9.10. The first-order valence-electron chi connectivity index (χ1n) is 8.56. The summed E-state index contributed by atoms with van der Waals surface area (Å²) in [6.07, 6.45) is 0. The molecule has 3 aromatic rings. The van der Waals surface area contributed by atoms with E-state index in [1.54, 1.807) is 42.5 Å². The van der Waals surface area contributed by atoms with Crippen LogP contribution in [-0.2, 0) is 16.6 Å². The minimum Gasteiger partial charge on any atom is -0.488 e. The number of amides is 1. The molecule has 29 heavy (non-hydrogen) atoms. The molecule has 0 heterocycles. The van der Waals surface area contributed by atoms with Crippen molar-refractivity contribution in [2.24, 2.45) is 0 Å². The molecule has 1 N–H and O–H groups in total. The maximum atomic E-state index is 12.7. The van der Waals surface area contributed by atoms with Gasteiger partial charge in [-0.2, -0.15) is 0 Å². The second-order valence-corrected chi connectivity index (χ2v) is 9.22. The number of halogens is 2. The van der Waals surface area contributed by atoms with Crippen LogP contribution in [0.5, 0.6) is 5.75 Å². The minimum absolute atomic E-state index is 0.0240. The lowest BCUT2D eigenvalue weighted by Gasteiger charge is -2.13. The molecule has 5 nitrogen and oxygen atoms in total. The number of carbonyl (C=O) groups is 1. The summed E-state index contributed by atoms with van der Waals surface area (Å²) >= 11 is 9.08. The summed E-state index contributed by atoms with van der Waals surface area (Å²) in [7, 11) is -4.05. The zero-order valence-electron chi connectivity index (χ0n) is 15.4. The van der Waals surface area contributed by atoms with Crippen LogP contribution in [-0.4, -0.2) is 14.3 Å². The van der Waals surface area contributed by atoms with Crippen molar-refractivity contribution in [3.63, 3.8) is 0 Å². The number of rotatable bonds is 6. The van der Waals surface area contributed by atoms with Gasteiger partial charge in [0.2, 0.25) is 0 Å². The molecule has 8 heteroatoms. The van der Waals surface area contributed by atoms with Gasteiger partial charge in [0, 0.05) is 9.50 Å². The standard InChI is InChI=1S/C21H17BrClNO4S/c1-14-6-11-17(19(12-14)28-13-15-7-9-16(23)10-8-15)21(25)24-29(26,27)20-5-3-2-4-18(20)22/h2-12H,13H2,1H3,(H,24,25). The first kappa shape index (κ1) is 21.4. The molecule has 0 aliphatic rings. The highest BCUT2D eigenvalue weighted by Crippen LogP contribution is 2.24. The Labute approximate surface area is 182 Å². The average molecular weight is 495 g/mol. The summed E-state index contributed by atoms with van der Waals surface area (Å²) in [6.45, 7) is 2.06. The molecule has 0 unspecified atom stereocenters. The fraction of sp³-hybridized carbons (Fsp3) is 0.0952. The first-order valence-corrected chi connectivity index (χ1v) is 11.2. The number of nitrogens with one attached hydrogen (secondary N) is 1. The first-order chi connectivity index (χ1) is 13.8. The van der Waals surface area contributed by atoms with Crippen molar-refractivity contribution in [3.05, 3.63) is 92.9 Å². The number of aryl methyl sites for hydroxylation is 1. The van der Waals surface area contributed by atoms with Gasteiger partial charge in [-0.15, -0.1) is 0 Å². The predicted molar refractivity (Wildman–Crippen MR) is 116 cm³/mol. The normalized spacial score (nSPS) is 11.1. The van der Waals surface area contributed by atoms with Crippen LogP contribution in [0.2, 0.25) is 5.02 Å². The van der Waals surface area contributed by atoms with Crippen LogP contribution in [0, 0.1) is 6.92 Å². The van der Waals surface area contributed by atoms with Crippen LogP contribution in [0.15, 0.2) is 76.1 Å². The molecule has 3 aromatic carbocycles. The Morgan fingerprint density at radius 3 is 2.45 bits per heavy atom. The van der Waals surface area contributed by atoms with E-state index in [-0.39, 0.29) is 17.1 Å². The van der Waals surface area contributed by atoms with Gasteiger partial charge in [-0.05, 0) is 70.4 Å². The van der Waals surface area contributed by atoms with Crippen LogP contribution in [0.3, 0.4) is 0 Å². The number of carbonyl (C=O) groups excluding carboxylic acids is 1. The molecule has 0 spiro atoms. The van der Waals surface area contributed by atoms with Gasteiger partial charge >= 0.3 is 0 Å². The van der Waals surface area contributed by atoms with Gasteiger partial charge < -0.3 is 4.74 Å². The van der Waals surface area contributed by atoms with Gasteiger partial charge in [0.1, 0.15) is 17.3 Å². The van der Waals surface area contributed by atoms with Crippen LogP contribution in [0.1, 0.15) is 21.5 Å². The van der Waals surface area contributed by atoms with Gasteiger partial charge in [-0.25, -0.2) is 13.1 Å². The van der Waals surface area contributed by atoms with Crippen molar-refractivity contribution in [2.45, 2.75) is 18.4 Å². The maximum absolute atomic E-state index is 12.7. The number of ether oxygens (including phenoxy) is 1. The highest BCUT2D eigenvalue weighted by Gasteiger charge is 2.23. The molecule has 3 rings (SSSR count). The molecule has 0 saturated carbocycles. The average Bonchev–Trinajstić information content (AvgIpc) is 2.67. The van der Waals surface area contributed by atoms with E-state index in [2.05, 4.69) is 20.7 Å². The zero-order valence-corrected chi connectivity index (χ0v) is 18.5. The Kier molecular flexibility index (Phi) is 6.62. The highest BCUT2D eigenvalue weighted by atomic mass is 79.9. The number of hydrogen-bond donors (Lipinski definition) is 1. The summed E-state index contributed by atoms with van der Waals surface area (Å²) in [4.78, 5) is 12.7. The maximum Gasteiger partial charge on any atom is 0.268 e. The third-order valence-corrected chi connectivity index (χ3v) is 6.64. The van der Waals surface area contributed by atoms with E-state index in [1.807, 2.05) is 19.1 Å². The van der Waals surface area contributed by atoms with Crippen molar-refractivity contribution < 1.29 is 17.9 Å². The Morgan fingerprint density at radius 1 is 1.07 bits per heavy atom. The summed E-state index contributed by atoms with van der Waals surface area (Å²) in [5, 5.41) is 0.613. The Balaban J connectivity index is 1.83. The van der Waals surface area contributed by atoms with Crippen LogP contribution in [0.25, 0.3) is 0 Å². The molecule has 0 bridgehead atoms. The Bertz CT molecular complexity index is 1150. The van der Waals surface area contributed by atoms with E-state index in [0.29, 0.717) is 15.2 Å². The van der Waals surface area contributed by atoms with Crippen molar-refractivity contribution in [1.82, 2.24) is 4.72 Å². The van der Waals surface area contributed by atoms with Gasteiger partial charge in [0.15, 0.2) is 0 Å². The van der Waals surface area contributed by atoms with E-state index in [4.69, 9.17) is 16.3 Å². The van der Waals surface area contributed by atoms with Crippen molar-refractivity contribution in [3.8, 4) is 5.75 Å². The monoisotopic (exact) mass is 493 g/mol. The summed E-state index contributed by atoms with van der Waals surface area (Å²) < 4.78 is 33.5. The van der Waals surface area contributed by atoms with E-state index in [9.17, 15) is 13.2 Å². The van der Waals surface area contributed by atoms with Gasteiger partial charge in [0.25, 0.3) is 15.9 Å². The third kappa shape index (κ3) is 5.38. The summed E-state index contributed by atoms with van der Waals surface area (Å²) in [5.41, 5.74) is 1.87. The molecule has 0 aromatic heterocycles. The number of benzene rings is 3. The second kappa shape index (κ2) is 8.98. The van der Waals surface area contributed by atoms with E-state index in [1.165, 1.54) is 12.1 Å². The molecular weight excluding hydrogens is 478 g/mol. The van der Waals surface area contributed by atoms with Gasteiger partial charge in [0.05, 0.1) is 5.56 Å². The van der Waals surface area contributed by atoms with E-state index < -0.39 is 15.9 Å². The van der Waals surface area contributed by atoms with Crippen molar-refractivity contribution in [2.75, 3.05) is 0 Å². The van der Waals surface area contributed by atoms with Crippen molar-refractivity contribution in [1.29, 1.82) is 0 Å². The fourth-order valence-electron chi connectivity index (χ4n) is 2.57. The lowest BCUT2D eigenvalue weighted by Crippen LogP contribution is -2.31. The largest absolute Gasteiger partial charge is 0.488 e. The van der Waals surface area contributed by atoms with E-state index >= 15 is 0 Å². The molecule has 0 aliphatic heterocycles. The predicted octanol–water partition coefficient (Wildman–Crippen LogP) is 5.11. The lowest BCUT2D eigenvalue weighted by molar-refractivity contribution is 0.0977. The van der Waals surface area contributed by atoms with E-state index in [0.717, 1.165) is 11.1 Å².